The second-order valence-electron chi connectivity index (χ2n) is 5.32. The second-order valence-corrected chi connectivity index (χ2v) is 5.32. The first-order valence-corrected chi connectivity index (χ1v) is 6.27. The Morgan fingerprint density at radius 2 is 2.14 bits per heavy atom. The summed E-state index contributed by atoms with van der Waals surface area (Å²) in [6.45, 7) is 2.09. The molecule has 1 heterocycles. The fraction of sp³-hybridized carbons (Fsp3) is 1.00. The monoisotopic (exact) mass is 195 g/mol. The standard InChI is InChI=1S/C12H21NO/c1-2-11(14-5-1)8-13-12-7-9-3-4-10(12)6-9/h9-13H,1-8H2/t9-,10-,11+,12-/m0/s1. The maximum atomic E-state index is 5.63. The number of ether oxygens (including phenoxy) is 1. The molecular formula is C12H21NO. The predicted octanol–water partition coefficient (Wildman–Crippen LogP) is 1.94. The molecule has 2 nitrogen and oxygen atoms in total. The van der Waals surface area contributed by atoms with E-state index in [2.05, 4.69) is 5.32 Å². The largest absolute Gasteiger partial charge is 0.377 e. The number of hydrogen-bond donors (Lipinski definition) is 1. The van der Waals surface area contributed by atoms with E-state index in [0.29, 0.717) is 6.10 Å². The maximum absolute atomic E-state index is 5.63. The molecule has 14 heavy (non-hydrogen) atoms. The quantitative estimate of drug-likeness (QED) is 0.743. The molecule has 0 radical (unpaired) electrons. The van der Waals surface area contributed by atoms with E-state index in [-0.39, 0.29) is 0 Å². The summed E-state index contributed by atoms with van der Waals surface area (Å²) >= 11 is 0. The molecule has 3 rings (SSSR count). The molecule has 0 unspecified atom stereocenters. The average molecular weight is 195 g/mol. The molecular weight excluding hydrogens is 174 g/mol. The normalized spacial score (nSPS) is 46.3. The van der Waals surface area contributed by atoms with E-state index in [1.54, 1.807) is 0 Å². The Hall–Kier alpha value is -0.0800. The van der Waals surface area contributed by atoms with Gasteiger partial charge in [-0.2, -0.15) is 0 Å². The maximum Gasteiger partial charge on any atom is 0.0700 e. The molecule has 0 aromatic rings. The van der Waals surface area contributed by atoms with Crippen LogP contribution in [0.3, 0.4) is 0 Å². The van der Waals surface area contributed by atoms with Crippen LogP contribution in [0, 0.1) is 11.8 Å². The molecule has 0 spiro atoms. The van der Waals surface area contributed by atoms with Crippen LogP contribution < -0.4 is 5.32 Å². The molecule has 2 saturated carbocycles. The SMILES string of the molecule is C1CO[C@@H](CN[C@H]2C[C@H]3CC[C@H]2C3)C1. The molecule has 1 saturated heterocycles. The number of fused-ring (bicyclic) bond motifs is 2. The Kier molecular flexibility index (Phi) is 2.50. The van der Waals surface area contributed by atoms with E-state index in [1.807, 2.05) is 0 Å². The summed E-state index contributed by atoms with van der Waals surface area (Å²) in [6, 6.07) is 0.831. The van der Waals surface area contributed by atoms with Gasteiger partial charge in [-0.3, -0.25) is 0 Å². The number of nitrogens with one attached hydrogen (secondary N) is 1. The Balaban J connectivity index is 1.44. The smallest absolute Gasteiger partial charge is 0.0700 e. The van der Waals surface area contributed by atoms with E-state index in [4.69, 9.17) is 4.74 Å². The van der Waals surface area contributed by atoms with Crippen molar-refractivity contribution >= 4 is 0 Å². The van der Waals surface area contributed by atoms with Crippen LogP contribution in [0.2, 0.25) is 0 Å². The summed E-state index contributed by atoms with van der Waals surface area (Å²) < 4.78 is 5.63. The highest BCUT2D eigenvalue weighted by Gasteiger charge is 2.39. The summed E-state index contributed by atoms with van der Waals surface area (Å²) in [7, 11) is 0. The first-order valence-electron chi connectivity index (χ1n) is 6.27. The van der Waals surface area contributed by atoms with Gasteiger partial charge < -0.3 is 10.1 Å². The fourth-order valence-corrected chi connectivity index (χ4v) is 3.58. The van der Waals surface area contributed by atoms with E-state index >= 15 is 0 Å². The zero-order valence-corrected chi connectivity index (χ0v) is 8.87. The van der Waals surface area contributed by atoms with Crippen molar-refractivity contribution in [1.82, 2.24) is 5.32 Å². The summed E-state index contributed by atoms with van der Waals surface area (Å²) in [4.78, 5) is 0. The third kappa shape index (κ3) is 1.70. The third-order valence-corrected chi connectivity index (χ3v) is 4.37. The Labute approximate surface area is 86.4 Å². The Morgan fingerprint density at radius 1 is 1.14 bits per heavy atom. The number of hydrogen-bond acceptors (Lipinski definition) is 2. The predicted molar refractivity (Wildman–Crippen MR) is 56.2 cm³/mol. The highest BCUT2D eigenvalue weighted by Crippen LogP contribution is 2.44. The topological polar surface area (TPSA) is 21.3 Å². The van der Waals surface area contributed by atoms with Crippen LogP contribution in [0.4, 0.5) is 0 Å². The minimum Gasteiger partial charge on any atom is -0.377 e. The van der Waals surface area contributed by atoms with Gasteiger partial charge in [0.2, 0.25) is 0 Å². The molecule has 1 N–H and O–H groups in total. The van der Waals surface area contributed by atoms with Crippen LogP contribution in [0.5, 0.6) is 0 Å². The summed E-state index contributed by atoms with van der Waals surface area (Å²) in [6.07, 6.45) is 8.99. The van der Waals surface area contributed by atoms with Crippen molar-refractivity contribution in [2.75, 3.05) is 13.2 Å². The van der Waals surface area contributed by atoms with Crippen molar-refractivity contribution in [3.05, 3.63) is 0 Å². The summed E-state index contributed by atoms with van der Waals surface area (Å²) in [5.41, 5.74) is 0. The summed E-state index contributed by atoms with van der Waals surface area (Å²) in [5.74, 6) is 2.06. The van der Waals surface area contributed by atoms with Gasteiger partial charge in [-0.25, -0.2) is 0 Å². The lowest BCUT2D eigenvalue weighted by molar-refractivity contribution is 0.105. The van der Waals surface area contributed by atoms with Gasteiger partial charge in [0.05, 0.1) is 6.10 Å². The van der Waals surface area contributed by atoms with Crippen LogP contribution in [0.15, 0.2) is 0 Å². The minimum atomic E-state index is 0.522. The third-order valence-electron chi connectivity index (χ3n) is 4.37. The van der Waals surface area contributed by atoms with Gasteiger partial charge >= 0.3 is 0 Å². The molecule has 2 aliphatic carbocycles. The highest BCUT2D eigenvalue weighted by atomic mass is 16.5. The zero-order chi connectivity index (χ0) is 9.38. The molecule has 0 aromatic carbocycles. The van der Waals surface area contributed by atoms with Gasteiger partial charge in [-0.15, -0.1) is 0 Å². The number of rotatable bonds is 3. The highest BCUT2D eigenvalue weighted by molar-refractivity contribution is 4.94. The lowest BCUT2D eigenvalue weighted by Crippen LogP contribution is -2.38. The van der Waals surface area contributed by atoms with Gasteiger partial charge in [-0.1, -0.05) is 6.42 Å². The Morgan fingerprint density at radius 3 is 2.79 bits per heavy atom. The molecule has 80 valence electrons. The van der Waals surface area contributed by atoms with Crippen molar-refractivity contribution in [3.8, 4) is 0 Å². The van der Waals surface area contributed by atoms with E-state index < -0.39 is 0 Å². The van der Waals surface area contributed by atoms with Crippen molar-refractivity contribution in [2.24, 2.45) is 11.8 Å². The van der Waals surface area contributed by atoms with Crippen molar-refractivity contribution in [1.29, 1.82) is 0 Å². The van der Waals surface area contributed by atoms with Crippen LogP contribution >= 0.6 is 0 Å². The second kappa shape index (κ2) is 3.82. The molecule has 0 aromatic heterocycles. The lowest BCUT2D eigenvalue weighted by atomic mass is 9.95. The molecule has 3 fully saturated rings. The molecule has 3 aliphatic rings. The lowest BCUT2D eigenvalue weighted by Gasteiger charge is -2.24. The minimum absolute atomic E-state index is 0.522. The molecule has 2 heteroatoms. The molecule has 0 amide bonds. The van der Waals surface area contributed by atoms with Gasteiger partial charge in [0.1, 0.15) is 0 Å². The van der Waals surface area contributed by atoms with E-state index in [9.17, 15) is 0 Å². The molecule has 4 atom stereocenters. The van der Waals surface area contributed by atoms with Crippen LogP contribution in [-0.4, -0.2) is 25.3 Å². The van der Waals surface area contributed by atoms with Gasteiger partial charge in [-0.05, 0) is 43.9 Å². The van der Waals surface area contributed by atoms with Crippen molar-refractivity contribution < 1.29 is 4.74 Å². The molecule has 2 bridgehead atoms. The first kappa shape index (κ1) is 9.17. The van der Waals surface area contributed by atoms with E-state index in [0.717, 1.165) is 31.0 Å². The van der Waals surface area contributed by atoms with E-state index in [1.165, 1.54) is 38.5 Å². The zero-order valence-electron chi connectivity index (χ0n) is 8.87. The van der Waals surface area contributed by atoms with Crippen molar-refractivity contribution in [3.63, 3.8) is 0 Å². The van der Waals surface area contributed by atoms with Crippen LogP contribution in [-0.2, 0) is 4.74 Å². The average Bonchev–Trinajstić information content (AvgIpc) is 2.91. The van der Waals surface area contributed by atoms with Crippen molar-refractivity contribution in [2.45, 2.75) is 50.7 Å². The fourth-order valence-electron chi connectivity index (χ4n) is 3.58. The van der Waals surface area contributed by atoms with Gasteiger partial charge in [0, 0.05) is 19.2 Å². The van der Waals surface area contributed by atoms with Gasteiger partial charge in [0.25, 0.3) is 0 Å². The summed E-state index contributed by atoms with van der Waals surface area (Å²) in [5, 5.41) is 3.73. The van der Waals surface area contributed by atoms with Crippen LogP contribution in [0.25, 0.3) is 0 Å². The Bertz CT molecular complexity index is 200. The van der Waals surface area contributed by atoms with Crippen LogP contribution in [0.1, 0.15) is 38.5 Å². The first-order chi connectivity index (χ1) is 6.92. The van der Waals surface area contributed by atoms with Gasteiger partial charge in [0.15, 0.2) is 0 Å². The molecule has 1 aliphatic heterocycles.